The highest BCUT2D eigenvalue weighted by Gasteiger charge is 2.23. The molecule has 0 fully saturated rings. The van der Waals surface area contributed by atoms with E-state index in [2.05, 4.69) is 10.6 Å². The third-order valence-electron chi connectivity index (χ3n) is 5.46. The lowest BCUT2D eigenvalue weighted by Gasteiger charge is -2.18. The average molecular weight is 517 g/mol. The SMILES string of the molecule is COc1cccc(C(=O)Nc2cccc(SC(C(=O)Nc3ccc(C)c(Cl)c3)c3ccccc3)c2)c1. The van der Waals surface area contributed by atoms with Crippen LogP contribution in [0.3, 0.4) is 0 Å². The Kier molecular flexibility index (Phi) is 8.31. The largest absolute Gasteiger partial charge is 0.497 e. The summed E-state index contributed by atoms with van der Waals surface area (Å²) >= 11 is 7.65. The highest BCUT2D eigenvalue weighted by atomic mass is 35.5. The molecule has 5 nitrogen and oxygen atoms in total. The number of hydrogen-bond donors (Lipinski definition) is 2. The van der Waals surface area contributed by atoms with Gasteiger partial charge in [-0.1, -0.05) is 60.1 Å². The minimum Gasteiger partial charge on any atom is -0.497 e. The maximum Gasteiger partial charge on any atom is 0.255 e. The standard InChI is InChI=1S/C29H25ClN2O3S/c1-19-14-15-23(18-26(19)30)32-29(34)27(20-8-4-3-5-9-20)36-25-13-7-11-22(17-25)31-28(33)21-10-6-12-24(16-21)35-2/h3-18,27H,1-2H3,(H,31,33)(H,32,34). The van der Waals surface area contributed by atoms with Crippen molar-refractivity contribution in [2.75, 3.05) is 17.7 Å². The number of rotatable bonds is 8. The van der Waals surface area contributed by atoms with Gasteiger partial charge in [0, 0.05) is 26.9 Å². The van der Waals surface area contributed by atoms with Crippen LogP contribution in [0.5, 0.6) is 5.75 Å². The summed E-state index contributed by atoms with van der Waals surface area (Å²) in [5, 5.41) is 5.98. The lowest BCUT2D eigenvalue weighted by molar-refractivity contribution is -0.115. The van der Waals surface area contributed by atoms with Crippen LogP contribution in [0.15, 0.2) is 102 Å². The van der Waals surface area contributed by atoms with Crippen LogP contribution in [0, 0.1) is 6.92 Å². The van der Waals surface area contributed by atoms with Gasteiger partial charge < -0.3 is 15.4 Å². The molecule has 4 aromatic carbocycles. The molecule has 0 bridgehead atoms. The van der Waals surface area contributed by atoms with Crippen molar-refractivity contribution in [3.63, 3.8) is 0 Å². The Hall–Kier alpha value is -3.74. The Morgan fingerprint density at radius 2 is 1.58 bits per heavy atom. The second-order valence-electron chi connectivity index (χ2n) is 8.08. The van der Waals surface area contributed by atoms with Crippen molar-refractivity contribution in [1.29, 1.82) is 0 Å². The van der Waals surface area contributed by atoms with Crippen LogP contribution in [-0.2, 0) is 4.79 Å². The molecule has 0 radical (unpaired) electrons. The van der Waals surface area contributed by atoms with Crippen molar-refractivity contribution in [2.24, 2.45) is 0 Å². The fourth-order valence-electron chi connectivity index (χ4n) is 3.53. The smallest absolute Gasteiger partial charge is 0.255 e. The molecular weight excluding hydrogens is 492 g/mol. The van der Waals surface area contributed by atoms with E-state index < -0.39 is 5.25 Å². The molecule has 36 heavy (non-hydrogen) atoms. The molecule has 0 aromatic heterocycles. The van der Waals surface area contributed by atoms with Crippen molar-refractivity contribution in [1.82, 2.24) is 0 Å². The van der Waals surface area contributed by atoms with Gasteiger partial charge >= 0.3 is 0 Å². The highest BCUT2D eigenvalue weighted by Crippen LogP contribution is 2.37. The number of nitrogens with one attached hydrogen (secondary N) is 2. The molecule has 0 saturated heterocycles. The molecule has 4 aromatic rings. The van der Waals surface area contributed by atoms with Crippen LogP contribution < -0.4 is 15.4 Å². The Balaban J connectivity index is 1.54. The minimum absolute atomic E-state index is 0.170. The molecule has 0 heterocycles. The van der Waals surface area contributed by atoms with Gasteiger partial charge in [-0.2, -0.15) is 0 Å². The number of aryl methyl sites for hydroxylation is 1. The summed E-state index contributed by atoms with van der Waals surface area (Å²) in [4.78, 5) is 27.0. The molecule has 4 rings (SSSR count). The summed E-state index contributed by atoms with van der Waals surface area (Å²) in [6.07, 6.45) is 0. The molecule has 2 N–H and O–H groups in total. The number of carbonyl (C=O) groups is 2. The van der Waals surface area contributed by atoms with Crippen LogP contribution in [0.2, 0.25) is 5.02 Å². The number of benzene rings is 4. The monoisotopic (exact) mass is 516 g/mol. The van der Waals surface area contributed by atoms with Crippen molar-refractivity contribution < 1.29 is 14.3 Å². The van der Waals surface area contributed by atoms with E-state index in [-0.39, 0.29) is 11.8 Å². The number of anilines is 2. The van der Waals surface area contributed by atoms with Crippen molar-refractivity contribution in [2.45, 2.75) is 17.1 Å². The van der Waals surface area contributed by atoms with Crippen LogP contribution in [-0.4, -0.2) is 18.9 Å². The van der Waals surface area contributed by atoms with Gasteiger partial charge in [-0.15, -0.1) is 11.8 Å². The predicted molar refractivity (Wildman–Crippen MR) is 147 cm³/mol. The zero-order valence-corrected chi connectivity index (χ0v) is 21.4. The zero-order valence-electron chi connectivity index (χ0n) is 19.8. The van der Waals surface area contributed by atoms with Gasteiger partial charge in [0.05, 0.1) is 7.11 Å². The van der Waals surface area contributed by atoms with Crippen molar-refractivity contribution in [3.05, 3.63) is 119 Å². The molecule has 0 aliphatic carbocycles. The first-order valence-corrected chi connectivity index (χ1v) is 12.5. The molecule has 1 unspecified atom stereocenters. The van der Waals surface area contributed by atoms with E-state index in [1.807, 2.05) is 73.7 Å². The lowest BCUT2D eigenvalue weighted by atomic mass is 10.1. The van der Waals surface area contributed by atoms with Gasteiger partial charge in [-0.3, -0.25) is 9.59 Å². The summed E-state index contributed by atoms with van der Waals surface area (Å²) in [6, 6.07) is 29.4. The minimum atomic E-state index is -0.518. The molecule has 2 amide bonds. The van der Waals surface area contributed by atoms with E-state index in [9.17, 15) is 9.59 Å². The van der Waals surface area contributed by atoms with Gasteiger partial charge in [0.1, 0.15) is 11.0 Å². The molecule has 0 saturated carbocycles. The number of thioether (sulfide) groups is 1. The molecule has 0 aliphatic rings. The van der Waals surface area contributed by atoms with E-state index in [0.29, 0.717) is 27.7 Å². The van der Waals surface area contributed by atoms with Gasteiger partial charge in [-0.05, 0) is 66.6 Å². The predicted octanol–water partition coefficient (Wildman–Crippen LogP) is 7.38. The summed E-state index contributed by atoms with van der Waals surface area (Å²) in [5.74, 6) is 0.195. The highest BCUT2D eigenvalue weighted by molar-refractivity contribution is 8.00. The van der Waals surface area contributed by atoms with Gasteiger partial charge in [0.2, 0.25) is 5.91 Å². The molecule has 182 valence electrons. The van der Waals surface area contributed by atoms with Crippen molar-refractivity contribution >= 4 is 46.6 Å². The van der Waals surface area contributed by atoms with Gasteiger partial charge in [0.15, 0.2) is 0 Å². The average Bonchev–Trinajstić information content (AvgIpc) is 2.90. The van der Waals surface area contributed by atoms with E-state index in [1.54, 1.807) is 37.4 Å². The summed E-state index contributed by atoms with van der Waals surface area (Å²) in [5.41, 5.74) is 3.56. The second kappa shape index (κ2) is 11.8. The van der Waals surface area contributed by atoms with Crippen LogP contribution in [0.4, 0.5) is 11.4 Å². The Morgan fingerprint density at radius 1 is 0.833 bits per heavy atom. The first-order valence-electron chi connectivity index (χ1n) is 11.3. The quantitative estimate of drug-likeness (QED) is 0.240. The van der Waals surface area contributed by atoms with E-state index >= 15 is 0 Å². The second-order valence-corrected chi connectivity index (χ2v) is 9.66. The number of halogens is 1. The Labute approximate surface area is 219 Å². The lowest BCUT2D eigenvalue weighted by Crippen LogP contribution is -2.19. The fraction of sp³-hybridized carbons (Fsp3) is 0.103. The van der Waals surface area contributed by atoms with Crippen LogP contribution >= 0.6 is 23.4 Å². The fourth-order valence-corrected chi connectivity index (χ4v) is 4.79. The number of amides is 2. The molecular formula is C29H25ClN2O3S. The first kappa shape index (κ1) is 25.4. The molecule has 7 heteroatoms. The maximum absolute atomic E-state index is 13.4. The van der Waals surface area contributed by atoms with Gasteiger partial charge in [0.25, 0.3) is 5.91 Å². The zero-order chi connectivity index (χ0) is 25.5. The van der Waals surface area contributed by atoms with E-state index in [1.165, 1.54) is 11.8 Å². The first-order chi connectivity index (χ1) is 17.4. The maximum atomic E-state index is 13.4. The Bertz CT molecular complexity index is 1380. The number of hydrogen-bond acceptors (Lipinski definition) is 4. The van der Waals surface area contributed by atoms with Crippen LogP contribution in [0.25, 0.3) is 0 Å². The summed E-state index contributed by atoms with van der Waals surface area (Å²) in [6.45, 7) is 1.91. The van der Waals surface area contributed by atoms with Crippen LogP contribution in [0.1, 0.15) is 26.7 Å². The summed E-state index contributed by atoms with van der Waals surface area (Å²) < 4.78 is 5.21. The number of ether oxygens (including phenoxy) is 1. The normalized spacial score (nSPS) is 11.4. The molecule has 0 aliphatic heterocycles. The van der Waals surface area contributed by atoms with E-state index in [0.717, 1.165) is 16.0 Å². The van der Waals surface area contributed by atoms with Gasteiger partial charge in [-0.25, -0.2) is 0 Å². The topological polar surface area (TPSA) is 67.4 Å². The number of carbonyl (C=O) groups excluding carboxylic acids is 2. The summed E-state index contributed by atoms with van der Waals surface area (Å²) in [7, 11) is 1.56. The number of methoxy groups -OCH3 is 1. The third-order valence-corrected chi connectivity index (χ3v) is 7.11. The van der Waals surface area contributed by atoms with E-state index in [4.69, 9.17) is 16.3 Å². The molecule has 1 atom stereocenters. The molecule has 0 spiro atoms. The van der Waals surface area contributed by atoms with Crippen molar-refractivity contribution in [3.8, 4) is 5.75 Å². The third kappa shape index (κ3) is 6.47. The Morgan fingerprint density at radius 3 is 2.33 bits per heavy atom.